The largest absolute Gasteiger partial charge is 0.294 e. The van der Waals surface area contributed by atoms with Gasteiger partial charge in [-0.3, -0.25) is 14.5 Å². The monoisotopic (exact) mass is 415 g/mol. The zero-order valence-corrected chi connectivity index (χ0v) is 16.9. The summed E-state index contributed by atoms with van der Waals surface area (Å²) in [4.78, 5) is 27.6. The number of halogens is 3. The van der Waals surface area contributed by atoms with Crippen LogP contribution in [0.25, 0.3) is 0 Å². The summed E-state index contributed by atoms with van der Waals surface area (Å²) in [6, 6.07) is 10.2. The summed E-state index contributed by atoms with van der Waals surface area (Å²) in [6.45, 7) is 3.88. The first kappa shape index (κ1) is 19.8. The number of nitrogens with zero attached hydrogens (tertiary/aromatic N) is 1. The Kier molecular flexibility index (Phi) is 4.82. The van der Waals surface area contributed by atoms with E-state index in [4.69, 9.17) is 11.6 Å². The van der Waals surface area contributed by atoms with Crippen molar-refractivity contribution in [3.8, 4) is 0 Å². The Labute approximate surface area is 173 Å². The van der Waals surface area contributed by atoms with Crippen molar-refractivity contribution < 1.29 is 18.4 Å². The van der Waals surface area contributed by atoms with Gasteiger partial charge in [-0.1, -0.05) is 43.6 Å². The second-order valence-electron chi connectivity index (χ2n) is 8.40. The molecule has 1 aliphatic heterocycles. The quantitative estimate of drug-likeness (QED) is 0.623. The predicted octanol–water partition coefficient (Wildman–Crippen LogP) is 5.78. The van der Waals surface area contributed by atoms with E-state index in [0.717, 1.165) is 12.1 Å². The molecule has 0 spiro atoms. The Morgan fingerprint density at radius 3 is 2.48 bits per heavy atom. The number of benzene rings is 2. The molecule has 0 fully saturated rings. The van der Waals surface area contributed by atoms with Gasteiger partial charge in [-0.15, -0.1) is 0 Å². The highest BCUT2D eigenvalue weighted by atomic mass is 35.5. The van der Waals surface area contributed by atoms with E-state index in [1.54, 1.807) is 12.1 Å². The molecule has 0 aromatic heterocycles. The van der Waals surface area contributed by atoms with Crippen molar-refractivity contribution in [1.82, 2.24) is 0 Å². The Hall–Kier alpha value is -2.53. The zero-order valence-electron chi connectivity index (χ0n) is 16.1. The van der Waals surface area contributed by atoms with Crippen molar-refractivity contribution in [2.24, 2.45) is 5.41 Å². The first-order valence-corrected chi connectivity index (χ1v) is 9.84. The standard InChI is InChI=1S/C23H20ClF2NO2/c1-23(2)11-19-22(20(28)12-23)15(14-5-3-4-6-16(14)24)10-21(29)27(19)18-8-7-13(25)9-17(18)26/h3-9,15H,10-12H2,1-2H3. The highest BCUT2D eigenvalue weighted by molar-refractivity contribution is 6.31. The fraction of sp³-hybridized carbons (Fsp3) is 0.304. The van der Waals surface area contributed by atoms with Crippen LogP contribution in [0.3, 0.4) is 0 Å². The number of hydrogen-bond acceptors (Lipinski definition) is 2. The van der Waals surface area contributed by atoms with E-state index in [2.05, 4.69) is 0 Å². The van der Waals surface area contributed by atoms with E-state index in [1.165, 1.54) is 11.0 Å². The fourth-order valence-electron chi connectivity index (χ4n) is 4.38. The van der Waals surface area contributed by atoms with Crippen LogP contribution >= 0.6 is 11.6 Å². The van der Waals surface area contributed by atoms with Crippen LogP contribution in [0, 0.1) is 17.0 Å². The van der Waals surface area contributed by atoms with Crippen LogP contribution in [0.2, 0.25) is 5.02 Å². The van der Waals surface area contributed by atoms with E-state index in [1.807, 2.05) is 26.0 Å². The van der Waals surface area contributed by atoms with Crippen molar-refractivity contribution in [3.63, 3.8) is 0 Å². The number of carbonyl (C=O) groups excluding carboxylic acids is 2. The maximum atomic E-state index is 14.6. The molecule has 0 bridgehead atoms. The summed E-state index contributed by atoms with van der Waals surface area (Å²) in [5.74, 6) is -2.45. The third-order valence-electron chi connectivity index (χ3n) is 5.57. The van der Waals surface area contributed by atoms with Gasteiger partial charge >= 0.3 is 0 Å². The summed E-state index contributed by atoms with van der Waals surface area (Å²) in [5.41, 5.74) is 1.28. The summed E-state index contributed by atoms with van der Waals surface area (Å²) in [5, 5.41) is 0.483. The van der Waals surface area contributed by atoms with Gasteiger partial charge in [-0.05, 0) is 35.6 Å². The average Bonchev–Trinajstić information content (AvgIpc) is 2.61. The van der Waals surface area contributed by atoms with Crippen LogP contribution in [0.15, 0.2) is 53.7 Å². The Balaban J connectivity index is 1.94. The second kappa shape index (κ2) is 7.06. The molecule has 0 radical (unpaired) electrons. The summed E-state index contributed by atoms with van der Waals surface area (Å²) in [6.07, 6.45) is 0.754. The molecule has 2 aliphatic rings. The van der Waals surface area contributed by atoms with Crippen molar-refractivity contribution in [1.29, 1.82) is 0 Å². The lowest BCUT2D eigenvalue weighted by molar-refractivity contribution is -0.121. The predicted molar refractivity (Wildman–Crippen MR) is 108 cm³/mol. The third kappa shape index (κ3) is 3.48. The van der Waals surface area contributed by atoms with Gasteiger partial charge < -0.3 is 0 Å². The van der Waals surface area contributed by atoms with Gasteiger partial charge in [0.05, 0.1) is 5.69 Å². The lowest BCUT2D eigenvalue weighted by atomic mass is 9.69. The number of carbonyl (C=O) groups is 2. The Bertz CT molecular complexity index is 1060. The molecule has 6 heteroatoms. The minimum Gasteiger partial charge on any atom is -0.294 e. The Morgan fingerprint density at radius 2 is 1.79 bits per heavy atom. The number of allylic oxidation sites excluding steroid dienone is 2. The summed E-state index contributed by atoms with van der Waals surface area (Å²) < 4.78 is 28.0. The van der Waals surface area contributed by atoms with Gasteiger partial charge in [0.1, 0.15) is 11.6 Å². The molecule has 1 aliphatic carbocycles. The first-order chi connectivity index (χ1) is 13.7. The molecule has 1 atom stereocenters. The summed E-state index contributed by atoms with van der Waals surface area (Å²) >= 11 is 6.38. The highest BCUT2D eigenvalue weighted by Gasteiger charge is 2.45. The van der Waals surface area contributed by atoms with Crippen LogP contribution in [0.5, 0.6) is 0 Å². The third-order valence-corrected chi connectivity index (χ3v) is 5.92. The number of hydrogen-bond donors (Lipinski definition) is 0. The van der Waals surface area contributed by atoms with Gasteiger partial charge in [-0.25, -0.2) is 8.78 Å². The van der Waals surface area contributed by atoms with Crippen molar-refractivity contribution in [2.75, 3.05) is 4.90 Å². The van der Waals surface area contributed by atoms with Crippen molar-refractivity contribution >= 4 is 29.0 Å². The van der Waals surface area contributed by atoms with Gasteiger partial charge in [0.25, 0.3) is 0 Å². The van der Waals surface area contributed by atoms with Crippen LogP contribution in [-0.4, -0.2) is 11.7 Å². The number of ketones is 1. The van der Waals surface area contributed by atoms with Gasteiger partial charge in [0, 0.05) is 41.1 Å². The molecule has 2 aromatic rings. The van der Waals surface area contributed by atoms with Gasteiger partial charge in [-0.2, -0.15) is 0 Å². The maximum Gasteiger partial charge on any atom is 0.232 e. The molecular formula is C23H20ClF2NO2. The molecule has 29 heavy (non-hydrogen) atoms. The minimum absolute atomic E-state index is 0.00838. The molecule has 0 N–H and O–H groups in total. The zero-order chi connectivity index (χ0) is 20.9. The molecule has 1 amide bonds. The normalized spacial score (nSPS) is 21.4. The molecule has 1 unspecified atom stereocenters. The molecule has 1 heterocycles. The van der Waals surface area contributed by atoms with E-state index in [-0.39, 0.29) is 29.2 Å². The van der Waals surface area contributed by atoms with Gasteiger partial charge in [0.2, 0.25) is 5.91 Å². The van der Waals surface area contributed by atoms with Crippen molar-refractivity contribution in [3.05, 3.63) is 76.0 Å². The van der Waals surface area contributed by atoms with E-state index < -0.39 is 17.6 Å². The minimum atomic E-state index is -0.836. The number of rotatable bonds is 2. The van der Waals surface area contributed by atoms with Gasteiger partial charge in [0.15, 0.2) is 5.78 Å². The number of Topliss-reactive ketones (excluding diaryl/α,β-unsaturated/α-hetero) is 1. The van der Waals surface area contributed by atoms with E-state index >= 15 is 0 Å². The van der Waals surface area contributed by atoms with Crippen LogP contribution in [0.4, 0.5) is 14.5 Å². The van der Waals surface area contributed by atoms with E-state index in [0.29, 0.717) is 34.7 Å². The second-order valence-corrected chi connectivity index (χ2v) is 8.81. The molecule has 0 saturated carbocycles. The highest BCUT2D eigenvalue weighted by Crippen LogP contribution is 2.49. The van der Waals surface area contributed by atoms with Crippen LogP contribution in [-0.2, 0) is 9.59 Å². The molecule has 0 saturated heterocycles. The van der Waals surface area contributed by atoms with Crippen molar-refractivity contribution in [2.45, 2.75) is 39.0 Å². The van der Waals surface area contributed by atoms with Crippen LogP contribution in [0.1, 0.15) is 44.6 Å². The Morgan fingerprint density at radius 1 is 1.07 bits per heavy atom. The van der Waals surface area contributed by atoms with E-state index in [9.17, 15) is 18.4 Å². The molecule has 2 aromatic carbocycles. The number of amides is 1. The molecular weight excluding hydrogens is 396 g/mol. The molecule has 3 nitrogen and oxygen atoms in total. The number of anilines is 1. The maximum absolute atomic E-state index is 14.6. The lowest BCUT2D eigenvalue weighted by Gasteiger charge is -2.43. The van der Waals surface area contributed by atoms with Crippen LogP contribution < -0.4 is 4.90 Å². The fourth-order valence-corrected chi connectivity index (χ4v) is 4.65. The smallest absolute Gasteiger partial charge is 0.232 e. The molecule has 150 valence electrons. The SMILES string of the molecule is CC1(C)CC(=O)C2=C(C1)N(c1ccc(F)cc1F)C(=O)CC2c1ccccc1Cl. The lowest BCUT2D eigenvalue weighted by Crippen LogP contribution is -2.44. The first-order valence-electron chi connectivity index (χ1n) is 9.46. The average molecular weight is 416 g/mol. The molecule has 4 rings (SSSR count). The topological polar surface area (TPSA) is 37.4 Å². The summed E-state index contributed by atoms with van der Waals surface area (Å²) in [7, 11) is 0.